The van der Waals surface area contributed by atoms with E-state index in [-0.39, 0.29) is 0 Å². The average Bonchev–Trinajstić information content (AvgIpc) is 2.81. The lowest BCUT2D eigenvalue weighted by Gasteiger charge is -2.04. The summed E-state index contributed by atoms with van der Waals surface area (Å²) in [5.74, 6) is 0.907. The Balaban J connectivity index is 1.71. The quantitative estimate of drug-likeness (QED) is 0.813. The van der Waals surface area contributed by atoms with Crippen LogP contribution in [0.4, 0.5) is 0 Å². The molecule has 96 valence electrons. The Labute approximate surface area is 112 Å². The molecule has 4 heteroatoms. The number of rotatable bonds is 6. The second-order valence-corrected chi connectivity index (χ2v) is 5.19. The lowest BCUT2D eigenvalue weighted by molar-refractivity contribution is 0.414. The van der Waals surface area contributed by atoms with Crippen LogP contribution in [0.1, 0.15) is 16.3 Å². The van der Waals surface area contributed by atoms with E-state index in [2.05, 4.69) is 27.8 Å². The van der Waals surface area contributed by atoms with Crippen molar-refractivity contribution in [3.63, 3.8) is 0 Å². The van der Waals surface area contributed by atoms with Gasteiger partial charge in [0.1, 0.15) is 5.75 Å². The molecule has 0 radical (unpaired) electrons. The first kappa shape index (κ1) is 13.1. The van der Waals surface area contributed by atoms with Crippen LogP contribution in [0.25, 0.3) is 0 Å². The van der Waals surface area contributed by atoms with Crippen molar-refractivity contribution >= 4 is 11.3 Å². The molecule has 2 rings (SSSR count). The van der Waals surface area contributed by atoms with Crippen molar-refractivity contribution in [1.82, 2.24) is 10.3 Å². The zero-order valence-electron chi connectivity index (χ0n) is 10.8. The molecule has 1 aromatic heterocycles. The van der Waals surface area contributed by atoms with Crippen molar-refractivity contribution in [2.75, 3.05) is 13.7 Å². The summed E-state index contributed by atoms with van der Waals surface area (Å²) in [6.07, 6.45) is 1.02. The maximum absolute atomic E-state index is 5.13. The number of nitrogens with zero attached hydrogens (tertiary/aromatic N) is 1. The Bertz CT molecular complexity index is 479. The van der Waals surface area contributed by atoms with Crippen molar-refractivity contribution in [2.45, 2.75) is 19.9 Å². The van der Waals surface area contributed by atoms with Crippen LogP contribution in [0, 0.1) is 6.92 Å². The fourth-order valence-corrected chi connectivity index (χ4v) is 2.34. The smallest absolute Gasteiger partial charge is 0.118 e. The van der Waals surface area contributed by atoms with E-state index < -0.39 is 0 Å². The highest BCUT2D eigenvalue weighted by Gasteiger charge is 1.98. The molecule has 0 unspecified atom stereocenters. The lowest BCUT2D eigenvalue weighted by atomic mass is 10.1. The molecule has 3 nitrogen and oxygen atoms in total. The van der Waals surface area contributed by atoms with Crippen LogP contribution < -0.4 is 10.1 Å². The van der Waals surface area contributed by atoms with Gasteiger partial charge in [-0.2, -0.15) is 0 Å². The van der Waals surface area contributed by atoms with Crippen molar-refractivity contribution < 1.29 is 4.74 Å². The van der Waals surface area contributed by atoms with E-state index in [9.17, 15) is 0 Å². The highest BCUT2D eigenvalue weighted by molar-refractivity contribution is 7.09. The van der Waals surface area contributed by atoms with Gasteiger partial charge in [-0.3, -0.25) is 0 Å². The number of hydrogen-bond donors (Lipinski definition) is 1. The van der Waals surface area contributed by atoms with Gasteiger partial charge >= 0.3 is 0 Å². The Kier molecular flexibility index (Phi) is 4.73. The molecule has 1 heterocycles. The van der Waals surface area contributed by atoms with Crippen LogP contribution in [0.5, 0.6) is 5.75 Å². The summed E-state index contributed by atoms with van der Waals surface area (Å²) in [5, 5.41) is 6.64. The first-order valence-corrected chi connectivity index (χ1v) is 6.90. The van der Waals surface area contributed by atoms with Gasteiger partial charge in [-0.25, -0.2) is 4.98 Å². The van der Waals surface area contributed by atoms with Gasteiger partial charge in [0, 0.05) is 11.9 Å². The highest BCUT2D eigenvalue weighted by Crippen LogP contribution is 2.11. The number of ether oxygens (including phenoxy) is 1. The predicted molar refractivity (Wildman–Crippen MR) is 75.3 cm³/mol. The fourth-order valence-electron chi connectivity index (χ4n) is 1.73. The summed E-state index contributed by atoms with van der Waals surface area (Å²) in [5.41, 5.74) is 2.45. The molecule has 1 aromatic carbocycles. The Morgan fingerprint density at radius 1 is 1.28 bits per heavy atom. The van der Waals surface area contributed by atoms with Crippen molar-refractivity contribution in [3.8, 4) is 5.75 Å². The predicted octanol–water partition coefficient (Wildman–Crippen LogP) is 2.79. The Hall–Kier alpha value is -1.39. The zero-order valence-corrected chi connectivity index (χ0v) is 11.6. The van der Waals surface area contributed by atoms with E-state index in [0.717, 1.165) is 36.0 Å². The van der Waals surface area contributed by atoms with E-state index >= 15 is 0 Å². The maximum atomic E-state index is 5.13. The maximum Gasteiger partial charge on any atom is 0.118 e. The van der Waals surface area contributed by atoms with Gasteiger partial charge in [0.2, 0.25) is 0 Å². The third-order valence-corrected chi connectivity index (χ3v) is 3.54. The first-order valence-electron chi connectivity index (χ1n) is 6.02. The van der Waals surface area contributed by atoms with Crippen molar-refractivity contribution in [3.05, 3.63) is 45.9 Å². The third-order valence-electron chi connectivity index (χ3n) is 2.72. The summed E-state index contributed by atoms with van der Waals surface area (Å²) in [4.78, 5) is 4.42. The van der Waals surface area contributed by atoms with Crippen LogP contribution in [-0.2, 0) is 13.0 Å². The summed E-state index contributed by atoms with van der Waals surface area (Å²) in [6, 6.07) is 8.21. The molecular weight excluding hydrogens is 244 g/mol. The monoisotopic (exact) mass is 262 g/mol. The van der Waals surface area contributed by atoms with Crippen molar-refractivity contribution in [1.29, 1.82) is 0 Å². The average molecular weight is 262 g/mol. The molecule has 0 aliphatic heterocycles. The van der Waals surface area contributed by atoms with Gasteiger partial charge in [0.05, 0.1) is 17.8 Å². The minimum absolute atomic E-state index is 0.848. The first-order chi connectivity index (χ1) is 8.78. The van der Waals surface area contributed by atoms with Gasteiger partial charge in [0.15, 0.2) is 0 Å². The van der Waals surface area contributed by atoms with E-state index in [1.807, 2.05) is 19.1 Å². The van der Waals surface area contributed by atoms with Gasteiger partial charge in [-0.05, 0) is 37.6 Å². The number of methoxy groups -OCH3 is 1. The number of aromatic nitrogens is 1. The molecule has 0 saturated carbocycles. The molecule has 0 aliphatic carbocycles. The number of benzene rings is 1. The van der Waals surface area contributed by atoms with Crippen LogP contribution in [0.3, 0.4) is 0 Å². The summed E-state index contributed by atoms with van der Waals surface area (Å²) in [7, 11) is 1.69. The second-order valence-electron chi connectivity index (χ2n) is 4.13. The Morgan fingerprint density at radius 2 is 2.06 bits per heavy atom. The van der Waals surface area contributed by atoms with Crippen LogP contribution >= 0.6 is 11.3 Å². The Morgan fingerprint density at radius 3 is 2.67 bits per heavy atom. The molecule has 0 spiro atoms. The SMILES string of the molecule is COc1ccc(CCNCc2csc(C)n2)cc1. The summed E-state index contributed by atoms with van der Waals surface area (Å²) in [6.45, 7) is 3.84. The van der Waals surface area contributed by atoms with Crippen LogP contribution in [0.15, 0.2) is 29.6 Å². The van der Waals surface area contributed by atoms with Crippen molar-refractivity contribution in [2.24, 2.45) is 0 Å². The van der Waals surface area contributed by atoms with E-state index in [4.69, 9.17) is 4.74 Å². The minimum Gasteiger partial charge on any atom is -0.497 e. The lowest BCUT2D eigenvalue weighted by Crippen LogP contribution is -2.16. The topological polar surface area (TPSA) is 34.1 Å². The standard InChI is InChI=1S/C14H18N2OS/c1-11-16-13(10-18-11)9-15-8-7-12-3-5-14(17-2)6-4-12/h3-6,10,15H,7-9H2,1-2H3. The molecule has 2 aromatic rings. The van der Waals surface area contributed by atoms with Gasteiger partial charge in [-0.15, -0.1) is 11.3 Å². The number of aryl methyl sites for hydroxylation is 1. The number of hydrogen-bond acceptors (Lipinski definition) is 4. The largest absolute Gasteiger partial charge is 0.497 e. The van der Waals surface area contributed by atoms with E-state index in [1.165, 1.54) is 5.56 Å². The second kappa shape index (κ2) is 6.52. The number of thiazole rings is 1. The molecule has 0 fully saturated rings. The molecule has 0 amide bonds. The summed E-state index contributed by atoms with van der Waals surface area (Å²) >= 11 is 1.70. The zero-order chi connectivity index (χ0) is 12.8. The van der Waals surface area contributed by atoms with E-state index in [1.54, 1.807) is 18.4 Å². The third kappa shape index (κ3) is 3.82. The van der Waals surface area contributed by atoms with E-state index in [0.29, 0.717) is 0 Å². The summed E-state index contributed by atoms with van der Waals surface area (Å²) < 4.78 is 5.13. The minimum atomic E-state index is 0.848. The molecule has 0 bridgehead atoms. The normalized spacial score (nSPS) is 10.6. The number of nitrogens with one attached hydrogen (secondary N) is 1. The molecular formula is C14H18N2OS. The van der Waals surface area contributed by atoms with Gasteiger partial charge in [-0.1, -0.05) is 12.1 Å². The van der Waals surface area contributed by atoms with Crippen LogP contribution in [0.2, 0.25) is 0 Å². The van der Waals surface area contributed by atoms with Gasteiger partial charge in [0.25, 0.3) is 0 Å². The molecule has 1 N–H and O–H groups in total. The van der Waals surface area contributed by atoms with Crippen LogP contribution in [-0.4, -0.2) is 18.6 Å². The molecule has 0 aliphatic rings. The molecule has 0 atom stereocenters. The fraction of sp³-hybridized carbons (Fsp3) is 0.357. The molecule has 18 heavy (non-hydrogen) atoms. The molecule has 0 saturated heterocycles. The van der Waals surface area contributed by atoms with Gasteiger partial charge < -0.3 is 10.1 Å². The highest BCUT2D eigenvalue weighted by atomic mass is 32.1.